The fraction of sp³-hybridized carbons (Fsp3) is 0.417. The lowest BCUT2D eigenvalue weighted by Crippen LogP contribution is -2.42. The molecule has 3 rings (SSSR count). The van der Waals surface area contributed by atoms with Crippen molar-refractivity contribution >= 4 is 17.8 Å². The smallest absolute Gasteiger partial charge is 0.321 e. The Bertz CT molecular complexity index is 926. The molecule has 0 bridgehead atoms. The van der Waals surface area contributed by atoms with Crippen molar-refractivity contribution in [3.63, 3.8) is 0 Å². The highest BCUT2D eigenvalue weighted by Gasteiger charge is 2.27. The molecule has 172 valence electrons. The van der Waals surface area contributed by atoms with Gasteiger partial charge in [0.25, 0.3) is 0 Å². The Labute approximate surface area is 186 Å². The van der Waals surface area contributed by atoms with Crippen molar-refractivity contribution in [1.29, 1.82) is 0 Å². The number of hydrogen-bond acceptors (Lipinski definition) is 3. The average Bonchev–Trinajstić information content (AvgIpc) is 2.80. The van der Waals surface area contributed by atoms with Crippen LogP contribution in [-0.2, 0) is 0 Å². The Kier molecular flexibility index (Phi) is 8.14. The highest BCUT2D eigenvalue weighted by molar-refractivity contribution is 5.89. The van der Waals surface area contributed by atoms with E-state index in [0.29, 0.717) is 25.2 Å². The van der Waals surface area contributed by atoms with Crippen LogP contribution in [0, 0.1) is 11.8 Å². The van der Waals surface area contributed by atoms with Gasteiger partial charge in [-0.2, -0.15) is 0 Å². The maximum atomic E-state index is 14.2. The number of rotatable bonds is 7. The molecule has 2 amide bonds. The number of urea groups is 1. The molecule has 4 atom stereocenters. The molecule has 1 aromatic carbocycles. The molecule has 4 unspecified atom stereocenters. The van der Waals surface area contributed by atoms with E-state index in [2.05, 4.69) is 10.3 Å². The molecule has 1 aromatic heterocycles. The lowest BCUT2D eigenvalue weighted by molar-refractivity contribution is -0.0181. The quantitative estimate of drug-likeness (QED) is 0.596. The Morgan fingerprint density at radius 1 is 1.34 bits per heavy atom. The summed E-state index contributed by atoms with van der Waals surface area (Å²) in [6.45, 7) is 3.23. The minimum Gasteiger partial charge on any atom is -0.460 e. The van der Waals surface area contributed by atoms with Gasteiger partial charge < -0.3 is 15.0 Å². The van der Waals surface area contributed by atoms with E-state index < -0.39 is 25.1 Å². The van der Waals surface area contributed by atoms with Gasteiger partial charge >= 0.3 is 6.03 Å². The van der Waals surface area contributed by atoms with Crippen LogP contribution in [0.25, 0.3) is 6.08 Å². The molecule has 1 fully saturated rings. The van der Waals surface area contributed by atoms with E-state index >= 15 is 0 Å². The Hall–Kier alpha value is -3.03. The van der Waals surface area contributed by atoms with Crippen LogP contribution >= 0.6 is 0 Å². The Morgan fingerprint density at radius 2 is 2.16 bits per heavy atom. The highest BCUT2D eigenvalue weighted by atomic mass is 19.2. The number of anilines is 1. The minimum atomic E-state index is -1.94. The second kappa shape index (κ2) is 11.0. The van der Waals surface area contributed by atoms with Crippen molar-refractivity contribution in [3.8, 4) is 5.75 Å². The van der Waals surface area contributed by atoms with E-state index in [0.717, 1.165) is 5.56 Å². The number of carbonyl (C=O) groups is 1. The number of piperidine rings is 1. The fourth-order valence-electron chi connectivity index (χ4n) is 3.52. The first-order chi connectivity index (χ1) is 15.4. The van der Waals surface area contributed by atoms with E-state index in [1.807, 2.05) is 19.1 Å². The topological polar surface area (TPSA) is 54.5 Å². The van der Waals surface area contributed by atoms with Crippen LogP contribution in [0.4, 0.5) is 23.7 Å². The summed E-state index contributed by atoms with van der Waals surface area (Å²) in [6.07, 6.45) is 2.10. The number of nitrogens with one attached hydrogen (secondary N) is 1. The Morgan fingerprint density at radius 3 is 2.84 bits per heavy atom. The number of hydrogen-bond donors (Lipinski definition) is 1. The van der Waals surface area contributed by atoms with E-state index in [1.165, 1.54) is 12.5 Å². The van der Waals surface area contributed by atoms with Crippen molar-refractivity contribution in [1.82, 2.24) is 9.88 Å². The molecular formula is C24H28F3N3O2. The monoisotopic (exact) mass is 447 g/mol. The molecule has 2 heterocycles. The first-order valence-electron chi connectivity index (χ1n) is 10.6. The van der Waals surface area contributed by atoms with E-state index in [-0.39, 0.29) is 17.7 Å². The van der Waals surface area contributed by atoms with Gasteiger partial charge in [-0.25, -0.2) is 18.0 Å². The zero-order valence-electron chi connectivity index (χ0n) is 18.2. The molecule has 1 saturated heterocycles. The number of benzene rings is 1. The summed E-state index contributed by atoms with van der Waals surface area (Å²) in [5, 5.41) is 2.85. The van der Waals surface area contributed by atoms with Gasteiger partial charge in [0.15, 0.2) is 0 Å². The molecule has 0 aliphatic carbocycles. The number of ether oxygens (including phenoxy) is 1. The lowest BCUT2D eigenvalue weighted by atomic mass is 9.91. The third-order valence-corrected chi connectivity index (χ3v) is 5.59. The van der Waals surface area contributed by atoms with Crippen molar-refractivity contribution in [2.75, 3.05) is 25.1 Å². The zero-order chi connectivity index (χ0) is 23.1. The molecular weight excluding hydrogens is 419 g/mol. The number of likely N-dealkylation sites (tertiary alicyclic amines) is 1. The van der Waals surface area contributed by atoms with Crippen molar-refractivity contribution < 1.29 is 22.7 Å². The average molecular weight is 448 g/mol. The SMILES string of the molecule is CC1CN(C(=O)Nc2cccnc2)CCC1=Cc1cccc(OC(F)C(C)C(F)CF)c1. The predicted octanol–water partition coefficient (Wildman–Crippen LogP) is 5.66. The van der Waals surface area contributed by atoms with Crippen LogP contribution in [0.15, 0.2) is 54.4 Å². The molecule has 0 radical (unpaired) electrons. The summed E-state index contributed by atoms with van der Waals surface area (Å²) in [6, 6.07) is 10.2. The number of carbonyl (C=O) groups excluding carboxylic acids is 1. The molecule has 8 heteroatoms. The number of amides is 2. The molecule has 32 heavy (non-hydrogen) atoms. The van der Waals surface area contributed by atoms with Crippen LogP contribution < -0.4 is 10.1 Å². The summed E-state index contributed by atoms with van der Waals surface area (Å²) in [5.74, 6) is -0.811. The van der Waals surface area contributed by atoms with E-state index in [9.17, 15) is 18.0 Å². The number of aromatic nitrogens is 1. The summed E-state index contributed by atoms with van der Waals surface area (Å²) < 4.78 is 45.2. The van der Waals surface area contributed by atoms with Crippen LogP contribution in [0.2, 0.25) is 0 Å². The van der Waals surface area contributed by atoms with Crippen molar-refractivity contribution in [3.05, 3.63) is 59.9 Å². The van der Waals surface area contributed by atoms with Crippen LogP contribution in [0.5, 0.6) is 5.75 Å². The van der Waals surface area contributed by atoms with Gasteiger partial charge in [-0.05, 0) is 42.2 Å². The first-order valence-corrected chi connectivity index (χ1v) is 10.6. The van der Waals surface area contributed by atoms with Crippen LogP contribution in [0.1, 0.15) is 25.8 Å². The number of nitrogens with zero attached hydrogens (tertiary/aromatic N) is 2. The standard InChI is InChI=1S/C24H28F3N3O2/c1-16-15-30(24(31)29-20-6-4-9-28-14-20)10-8-19(16)11-18-5-3-7-21(12-18)32-23(27)17(2)22(26)13-25/h3-7,9,11-12,14,16-17,22-23H,8,10,13,15H2,1-2H3,(H,29,31). The first kappa shape index (κ1) is 23.6. The molecule has 0 spiro atoms. The lowest BCUT2D eigenvalue weighted by Gasteiger charge is -2.33. The number of pyridine rings is 1. The second-order valence-corrected chi connectivity index (χ2v) is 8.06. The maximum absolute atomic E-state index is 14.2. The van der Waals surface area contributed by atoms with Gasteiger partial charge in [-0.3, -0.25) is 4.98 Å². The third kappa shape index (κ3) is 6.24. The second-order valence-electron chi connectivity index (χ2n) is 8.06. The zero-order valence-corrected chi connectivity index (χ0v) is 18.2. The number of halogens is 3. The largest absolute Gasteiger partial charge is 0.460 e. The van der Waals surface area contributed by atoms with Crippen molar-refractivity contribution in [2.24, 2.45) is 11.8 Å². The number of alkyl halides is 3. The third-order valence-electron chi connectivity index (χ3n) is 5.59. The normalized spacial score (nSPS) is 20.5. The summed E-state index contributed by atoms with van der Waals surface area (Å²) >= 11 is 0. The van der Waals surface area contributed by atoms with Gasteiger partial charge in [0.2, 0.25) is 6.36 Å². The molecule has 1 aliphatic rings. The fourth-order valence-corrected chi connectivity index (χ4v) is 3.52. The maximum Gasteiger partial charge on any atom is 0.321 e. The van der Waals surface area contributed by atoms with Gasteiger partial charge in [0.05, 0.1) is 17.8 Å². The molecule has 2 aromatic rings. The van der Waals surface area contributed by atoms with Gasteiger partial charge in [-0.15, -0.1) is 0 Å². The molecule has 5 nitrogen and oxygen atoms in total. The van der Waals surface area contributed by atoms with Crippen LogP contribution in [0.3, 0.4) is 0 Å². The molecule has 1 N–H and O–H groups in total. The van der Waals surface area contributed by atoms with Crippen LogP contribution in [-0.4, -0.2) is 48.2 Å². The Balaban J connectivity index is 1.60. The van der Waals surface area contributed by atoms with E-state index in [1.54, 1.807) is 47.6 Å². The summed E-state index contributed by atoms with van der Waals surface area (Å²) in [5.41, 5.74) is 2.63. The summed E-state index contributed by atoms with van der Waals surface area (Å²) in [4.78, 5) is 18.3. The van der Waals surface area contributed by atoms with Gasteiger partial charge in [0, 0.05) is 19.3 Å². The molecule has 0 saturated carbocycles. The summed E-state index contributed by atoms with van der Waals surface area (Å²) in [7, 11) is 0. The van der Waals surface area contributed by atoms with Gasteiger partial charge in [-0.1, -0.05) is 37.6 Å². The van der Waals surface area contributed by atoms with E-state index in [4.69, 9.17) is 4.74 Å². The van der Waals surface area contributed by atoms with Gasteiger partial charge in [0.1, 0.15) is 18.6 Å². The van der Waals surface area contributed by atoms with Crippen molar-refractivity contribution in [2.45, 2.75) is 32.8 Å². The molecule has 1 aliphatic heterocycles. The highest BCUT2D eigenvalue weighted by Crippen LogP contribution is 2.27. The predicted molar refractivity (Wildman–Crippen MR) is 119 cm³/mol. The minimum absolute atomic E-state index is 0.138.